The van der Waals surface area contributed by atoms with E-state index in [9.17, 15) is 14.3 Å². The van der Waals surface area contributed by atoms with Gasteiger partial charge in [0.25, 0.3) is 0 Å². The highest BCUT2D eigenvalue weighted by molar-refractivity contribution is 5.93. The highest BCUT2D eigenvalue weighted by Crippen LogP contribution is 2.35. The van der Waals surface area contributed by atoms with Crippen LogP contribution >= 0.6 is 0 Å². The fraction of sp³-hybridized carbons (Fsp3) is 0.333. The number of benzene rings is 1. The number of rotatable bonds is 4. The predicted octanol–water partition coefficient (Wildman–Crippen LogP) is 3.92. The lowest BCUT2D eigenvalue weighted by atomic mass is 10.0. The Morgan fingerprint density at radius 2 is 2.03 bits per heavy atom. The van der Waals surface area contributed by atoms with Gasteiger partial charge in [0.05, 0.1) is 33.5 Å². The monoisotopic (exact) mass is 488 g/mol. The van der Waals surface area contributed by atoms with Crippen molar-refractivity contribution in [2.75, 3.05) is 24.5 Å². The number of fused-ring (bicyclic) bond motifs is 1. The van der Waals surface area contributed by atoms with Crippen LogP contribution < -0.4 is 15.9 Å². The van der Waals surface area contributed by atoms with Crippen molar-refractivity contribution in [2.45, 2.75) is 39.7 Å². The van der Waals surface area contributed by atoms with Crippen LogP contribution in [0.3, 0.4) is 0 Å². The Labute approximate surface area is 208 Å². The summed E-state index contributed by atoms with van der Waals surface area (Å²) in [6, 6.07) is 7.76. The SMILES string of the molecule is Cc1ccnc(C(C)C)c1-n1c(=O)nc(N2CCNC[C@@H]2C)c2cnc(-c3c(O)cccc3F)cc21. The molecule has 5 rings (SSSR count). The Morgan fingerprint density at radius 1 is 1.22 bits per heavy atom. The van der Waals surface area contributed by atoms with Crippen LogP contribution in [0, 0.1) is 12.7 Å². The summed E-state index contributed by atoms with van der Waals surface area (Å²) in [5.74, 6) is -0.223. The lowest BCUT2D eigenvalue weighted by Crippen LogP contribution is -2.50. The van der Waals surface area contributed by atoms with Gasteiger partial charge >= 0.3 is 5.69 Å². The first-order chi connectivity index (χ1) is 17.3. The number of halogens is 1. The van der Waals surface area contributed by atoms with Gasteiger partial charge in [0.2, 0.25) is 0 Å². The van der Waals surface area contributed by atoms with Crippen LogP contribution in [-0.2, 0) is 0 Å². The second-order valence-corrected chi connectivity index (χ2v) is 9.54. The number of piperazine rings is 1. The van der Waals surface area contributed by atoms with Crippen LogP contribution in [-0.4, -0.2) is 50.3 Å². The van der Waals surface area contributed by atoms with Crippen molar-refractivity contribution in [1.29, 1.82) is 0 Å². The largest absolute Gasteiger partial charge is 0.507 e. The number of nitrogens with zero attached hydrogens (tertiary/aromatic N) is 5. The number of nitrogens with one attached hydrogen (secondary N) is 1. The molecule has 0 bridgehead atoms. The Balaban J connectivity index is 1.88. The van der Waals surface area contributed by atoms with Crippen molar-refractivity contribution >= 4 is 16.7 Å². The average molecular weight is 489 g/mol. The zero-order chi connectivity index (χ0) is 25.6. The Morgan fingerprint density at radius 3 is 2.75 bits per heavy atom. The molecule has 3 aromatic heterocycles. The van der Waals surface area contributed by atoms with E-state index in [0.717, 1.165) is 24.3 Å². The van der Waals surface area contributed by atoms with Crippen molar-refractivity contribution in [1.82, 2.24) is 24.8 Å². The molecule has 1 aromatic carbocycles. The van der Waals surface area contributed by atoms with E-state index in [0.29, 0.717) is 29.0 Å². The van der Waals surface area contributed by atoms with Crippen LogP contribution in [0.25, 0.3) is 27.8 Å². The molecule has 1 fully saturated rings. The highest BCUT2D eigenvalue weighted by atomic mass is 19.1. The summed E-state index contributed by atoms with van der Waals surface area (Å²) in [7, 11) is 0. The fourth-order valence-electron chi connectivity index (χ4n) is 4.88. The number of hydrogen-bond donors (Lipinski definition) is 2. The van der Waals surface area contributed by atoms with E-state index in [2.05, 4.69) is 32.1 Å². The predicted molar refractivity (Wildman–Crippen MR) is 138 cm³/mol. The number of aromatic nitrogens is 4. The minimum Gasteiger partial charge on any atom is -0.507 e. The molecule has 1 aliphatic rings. The first kappa shape index (κ1) is 23.9. The summed E-state index contributed by atoms with van der Waals surface area (Å²) < 4.78 is 16.3. The average Bonchev–Trinajstić information content (AvgIpc) is 2.84. The normalized spacial score (nSPS) is 16.2. The number of aryl methyl sites for hydroxylation is 1. The molecular formula is C27H29FN6O2. The van der Waals surface area contributed by atoms with E-state index in [4.69, 9.17) is 0 Å². The van der Waals surface area contributed by atoms with Crippen LogP contribution in [0.15, 0.2) is 47.5 Å². The van der Waals surface area contributed by atoms with Gasteiger partial charge in [0, 0.05) is 38.1 Å². The highest BCUT2D eigenvalue weighted by Gasteiger charge is 2.26. The van der Waals surface area contributed by atoms with Gasteiger partial charge in [0.15, 0.2) is 0 Å². The van der Waals surface area contributed by atoms with E-state index in [1.165, 1.54) is 18.2 Å². The van der Waals surface area contributed by atoms with Gasteiger partial charge in [0.1, 0.15) is 17.4 Å². The topological polar surface area (TPSA) is 96.2 Å². The minimum atomic E-state index is -0.596. The van der Waals surface area contributed by atoms with Crippen molar-refractivity contribution in [2.24, 2.45) is 0 Å². The standard InChI is InChI=1S/C27H29FN6O2/c1-15(2)24-25(16(3)8-9-30-24)34-21-12-20(23-19(28)6-5-7-22(23)35)31-14-18(21)26(32-27(34)36)33-11-10-29-13-17(33)4/h5-9,12,14-15,17,29,35H,10-11,13H2,1-4H3/t17-/m0/s1. The lowest BCUT2D eigenvalue weighted by molar-refractivity contribution is 0.471. The molecular weight excluding hydrogens is 459 g/mol. The molecule has 0 aliphatic carbocycles. The maximum absolute atomic E-state index is 14.8. The van der Waals surface area contributed by atoms with Gasteiger partial charge in [-0.2, -0.15) is 4.98 Å². The fourth-order valence-corrected chi connectivity index (χ4v) is 4.88. The van der Waals surface area contributed by atoms with Crippen molar-refractivity contribution in [3.8, 4) is 22.7 Å². The van der Waals surface area contributed by atoms with Gasteiger partial charge in [-0.15, -0.1) is 0 Å². The van der Waals surface area contributed by atoms with E-state index in [1.807, 2.05) is 26.8 Å². The van der Waals surface area contributed by atoms with Crippen molar-refractivity contribution in [3.05, 3.63) is 70.3 Å². The van der Waals surface area contributed by atoms with Gasteiger partial charge in [-0.25, -0.2) is 9.18 Å². The molecule has 0 unspecified atom stereocenters. The first-order valence-electron chi connectivity index (χ1n) is 12.1. The van der Waals surface area contributed by atoms with E-state index < -0.39 is 11.5 Å². The third kappa shape index (κ3) is 3.99. The molecule has 1 saturated heterocycles. The Kier molecular flexibility index (Phi) is 6.17. The summed E-state index contributed by atoms with van der Waals surface area (Å²) in [5, 5.41) is 14.5. The van der Waals surface area contributed by atoms with E-state index >= 15 is 0 Å². The molecule has 4 heterocycles. The second kappa shape index (κ2) is 9.31. The Hall–Kier alpha value is -3.85. The van der Waals surface area contributed by atoms with E-state index in [-0.39, 0.29) is 29.0 Å². The van der Waals surface area contributed by atoms with Gasteiger partial charge in [-0.1, -0.05) is 19.9 Å². The molecule has 1 atom stereocenters. The summed E-state index contributed by atoms with van der Waals surface area (Å²) in [4.78, 5) is 29.5. The number of phenolic OH excluding ortho intramolecular Hbond substituents is 1. The number of phenols is 1. The molecule has 186 valence electrons. The molecule has 8 nitrogen and oxygen atoms in total. The van der Waals surface area contributed by atoms with E-state index in [1.54, 1.807) is 23.0 Å². The zero-order valence-corrected chi connectivity index (χ0v) is 20.8. The molecule has 0 spiro atoms. The molecule has 36 heavy (non-hydrogen) atoms. The number of anilines is 1. The third-order valence-corrected chi connectivity index (χ3v) is 6.70. The Bertz CT molecular complexity index is 1500. The minimum absolute atomic E-state index is 0.0145. The number of hydrogen-bond acceptors (Lipinski definition) is 7. The summed E-state index contributed by atoms with van der Waals surface area (Å²) in [6.07, 6.45) is 3.35. The molecule has 1 aliphatic heterocycles. The molecule has 0 amide bonds. The van der Waals surface area contributed by atoms with Crippen LogP contribution in [0.1, 0.15) is 37.9 Å². The van der Waals surface area contributed by atoms with Crippen LogP contribution in [0.4, 0.5) is 10.2 Å². The van der Waals surface area contributed by atoms with Gasteiger partial charge in [-0.3, -0.25) is 14.5 Å². The quantitative estimate of drug-likeness (QED) is 0.450. The summed E-state index contributed by atoms with van der Waals surface area (Å²) in [6.45, 7) is 10.3. The molecule has 4 aromatic rings. The third-order valence-electron chi connectivity index (χ3n) is 6.70. The maximum Gasteiger partial charge on any atom is 0.354 e. The van der Waals surface area contributed by atoms with Crippen molar-refractivity contribution in [3.63, 3.8) is 0 Å². The summed E-state index contributed by atoms with van der Waals surface area (Å²) in [5.41, 5.74) is 2.58. The van der Waals surface area contributed by atoms with Crippen LogP contribution in [0.2, 0.25) is 0 Å². The lowest BCUT2D eigenvalue weighted by Gasteiger charge is -2.35. The first-order valence-corrected chi connectivity index (χ1v) is 12.1. The van der Waals surface area contributed by atoms with Crippen LogP contribution in [0.5, 0.6) is 5.75 Å². The van der Waals surface area contributed by atoms with Crippen molar-refractivity contribution < 1.29 is 9.50 Å². The number of pyridine rings is 2. The molecule has 9 heteroatoms. The molecule has 0 radical (unpaired) electrons. The summed E-state index contributed by atoms with van der Waals surface area (Å²) >= 11 is 0. The smallest absolute Gasteiger partial charge is 0.354 e. The zero-order valence-electron chi connectivity index (χ0n) is 20.8. The van der Waals surface area contributed by atoms with Gasteiger partial charge < -0.3 is 15.3 Å². The number of aromatic hydroxyl groups is 1. The van der Waals surface area contributed by atoms with Gasteiger partial charge in [-0.05, 0) is 49.6 Å². The molecule has 2 N–H and O–H groups in total. The molecule has 0 saturated carbocycles. The second-order valence-electron chi connectivity index (χ2n) is 9.54. The maximum atomic E-state index is 14.8.